The summed E-state index contributed by atoms with van der Waals surface area (Å²) in [4.78, 5) is 6.96. The first kappa shape index (κ1) is 18.2. The number of benzene rings is 2. The minimum absolute atomic E-state index is 0.0700. The van der Waals surface area contributed by atoms with E-state index in [1.54, 1.807) is 24.4 Å². The van der Waals surface area contributed by atoms with E-state index in [0.29, 0.717) is 34.1 Å². The fourth-order valence-electron chi connectivity index (χ4n) is 5.03. The number of terminal acetylenes is 1. The van der Waals surface area contributed by atoms with Crippen LogP contribution in [0.15, 0.2) is 36.5 Å². The van der Waals surface area contributed by atoms with Crippen LogP contribution in [0, 0.1) is 18.2 Å². The van der Waals surface area contributed by atoms with E-state index in [0.717, 1.165) is 29.8 Å². The molecule has 0 aliphatic carbocycles. The largest absolute Gasteiger partial charge is 0.508 e. The number of phenols is 1. The summed E-state index contributed by atoms with van der Waals surface area (Å²) >= 11 is 0. The molecule has 2 atom stereocenters. The van der Waals surface area contributed by atoms with Gasteiger partial charge in [0.25, 0.3) is 0 Å². The summed E-state index contributed by atoms with van der Waals surface area (Å²) in [7, 11) is 0. The molecule has 6 nitrogen and oxygen atoms in total. The van der Waals surface area contributed by atoms with E-state index in [1.807, 2.05) is 6.07 Å². The Morgan fingerprint density at radius 3 is 2.74 bits per heavy atom. The average molecular weight is 413 g/mol. The van der Waals surface area contributed by atoms with Crippen LogP contribution in [-0.4, -0.2) is 45.5 Å². The molecule has 2 aliphatic heterocycles. The molecule has 7 heteroatoms. The van der Waals surface area contributed by atoms with Gasteiger partial charge in [-0.05, 0) is 42.5 Å². The van der Waals surface area contributed by atoms with Crippen molar-refractivity contribution in [2.24, 2.45) is 0 Å². The van der Waals surface area contributed by atoms with Crippen LogP contribution in [-0.2, 0) is 0 Å². The van der Waals surface area contributed by atoms with Crippen molar-refractivity contribution in [2.45, 2.75) is 24.9 Å². The SMILES string of the molecule is C#Cc1c(F)ccc2cc(O)cc(-c3cc4[nH]nc(N5CC6CCC(C5)N6)c4cn3)c12. The number of hydrogen-bond acceptors (Lipinski definition) is 5. The zero-order valence-corrected chi connectivity index (χ0v) is 16.7. The number of rotatable bonds is 2. The van der Waals surface area contributed by atoms with Gasteiger partial charge in [0.05, 0.1) is 22.2 Å². The van der Waals surface area contributed by atoms with Crippen molar-refractivity contribution >= 4 is 27.5 Å². The molecule has 3 N–H and O–H groups in total. The fraction of sp³-hybridized carbons (Fsp3) is 0.250. The number of aromatic amines is 1. The first-order chi connectivity index (χ1) is 15.1. The molecule has 4 aromatic rings. The van der Waals surface area contributed by atoms with Crippen LogP contribution in [0.4, 0.5) is 10.2 Å². The molecule has 0 spiro atoms. The van der Waals surface area contributed by atoms with Crippen molar-refractivity contribution in [3.8, 4) is 29.4 Å². The van der Waals surface area contributed by atoms with E-state index >= 15 is 0 Å². The van der Waals surface area contributed by atoms with Crippen LogP contribution in [0.5, 0.6) is 5.75 Å². The second-order valence-electron chi connectivity index (χ2n) is 8.36. The molecule has 2 bridgehead atoms. The minimum Gasteiger partial charge on any atom is -0.508 e. The van der Waals surface area contributed by atoms with Crippen LogP contribution < -0.4 is 10.2 Å². The fourth-order valence-corrected chi connectivity index (χ4v) is 5.03. The molecular weight excluding hydrogens is 393 g/mol. The first-order valence-corrected chi connectivity index (χ1v) is 10.4. The maximum Gasteiger partial charge on any atom is 0.159 e. The molecule has 2 aliphatic rings. The van der Waals surface area contributed by atoms with Crippen LogP contribution >= 0.6 is 0 Å². The number of nitrogens with one attached hydrogen (secondary N) is 2. The van der Waals surface area contributed by atoms with Crippen LogP contribution in [0.2, 0.25) is 0 Å². The van der Waals surface area contributed by atoms with Crippen LogP contribution in [0.3, 0.4) is 0 Å². The summed E-state index contributed by atoms with van der Waals surface area (Å²) in [6, 6.07) is 8.97. The lowest BCUT2D eigenvalue weighted by Gasteiger charge is -2.33. The lowest BCUT2D eigenvalue weighted by molar-refractivity contribution is 0.464. The molecule has 31 heavy (non-hydrogen) atoms. The third-order valence-corrected chi connectivity index (χ3v) is 6.42. The van der Waals surface area contributed by atoms with Crippen LogP contribution in [0.1, 0.15) is 18.4 Å². The first-order valence-electron chi connectivity index (χ1n) is 10.4. The van der Waals surface area contributed by atoms with Gasteiger partial charge in [0.15, 0.2) is 5.82 Å². The van der Waals surface area contributed by atoms with E-state index in [-0.39, 0.29) is 11.3 Å². The third-order valence-electron chi connectivity index (χ3n) is 6.42. The van der Waals surface area contributed by atoms with Crippen molar-refractivity contribution in [3.05, 3.63) is 47.9 Å². The predicted molar refractivity (Wildman–Crippen MR) is 119 cm³/mol. The van der Waals surface area contributed by atoms with Crippen molar-refractivity contribution < 1.29 is 9.50 Å². The molecule has 4 heterocycles. The van der Waals surface area contributed by atoms with Gasteiger partial charge in [-0.25, -0.2) is 4.39 Å². The van der Waals surface area contributed by atoms with Gasteiger partial charge in [0.1, 0.15) is 11.6 Å². The van der Waals surface area contributed by atoms with Crippen molar-refractivity contribution in [3.63, 3.8) is 0 Å². The van der Waals surface area contributed by atoms with Crippen molar-refractivity contribution in [1.82, 2.24) is 20.5 Å². The van der Waals surface area contributed by atoms with Gasteiger partial charge in [-0.3, -0.25) is 10.1 Å². The van der Waals surface area contributed by atoms with Gasteiger partial charge in [-0.2, -0.15) is 5.10 Å². The molecule has 6 rings (SSSR count). The van der Waals surface area contributed by atoms with Crippen molar-refractivity contribution in [1.29, 1.82) is 0 Å². The zero-order chi connectivity index (χ0) is 21.1. The molecule has 0 radical (unpaired) electrons. The Balaban J connectivity index is 1.48. The Kier molecular flexibility index (Phi) is 3.92. The van der Waals surface area contributed by atoms with E-state index in [4.69, 9.17) is 6.42 Å². The molecule has 154 valence electrons. The summed E-state index contributed by atoms with van der Waals surface area (Å²) in [5.41, 5.74) is 2.17. The Labute approximate surface area is 178 Å². The number of piperazine rings is 1. The summed E-state index contributed by atoms with van der Waals surface area (Å²) in [5, 5.41) is 23.7. The average Bonchev–Trinajstić information content (AvgIpc) is 3.35. The van der Waals surface area contributed by atoms with E-state index in [2.05, 4.69) is 31.3 Å². The van der Waals surface area contributed by atoms with Gasteiger partial charge >= 0.3 is 0 Å². The number of H-pyrrole nitrogens is 1. The normalized spacial score (nSPS) is 20.5. The highest BCUT2D eigenvalue weighted by Gasteiger charge is 2.33. The predicted octanol–water partition coefficient (Wildman–Crippen LogP) is 3.54. The number of fused-ring (bicyclic) bond motifs is 4. The van der Waals surface area contributed by atoms with Gasteiger partial charge < -0.3 is 15.3 Å². The van der Waals surface area contributed by atoms with E-state index in [1.165, 1.54) is 18.9 Å². The molecule has 2 aromatic carbocycles. The summed E-state index contributed by atoms with van der Waals surface area (Å²) in [5.74, 6) is 2.95. The highest BCUT2D eigenvalue weighted by atomic mass is 19.1. The number of aromatic hydroxyl groups is 1. The maximum absolute atomic E-state index is 14.4. The lowest BCUT2D eigenvalue weighted by atomic mass is 9.96. The Morgan fingerprint density at radius 2 is 1.97 bits per heavy atom. The molecule has 2 fully saturated rings. The van der Waals surface area contributed by atoms with Gasteiger partial charge in [0, 0.05) is 42.3 Å². The van der Waals surface area contributed by atoms with E-state index in [9.17, 15) is 9.50 Å². The second kappa shape index (κ2) is 6.69. The smallest absolute Gasteiger partial charge is 0.159 e. The maximum atomic E-state index is 14.4. The van der Waals surface area contributed by atoms with Crippen molar-refractivity contribution in [2.75, 3.05) is 18.0 Å². The number of phenolic OH excluding ortho intramolecular Hbond substituents is 1. The Morgan fingerprint density at radius 1 is 1.16 bits per heavy atom. The highest BCUT2D eigenvalue weighted by molar-refractivity contribution is 6.02. The van der Waals surface area contributed by atoms with E-state index < -0.39 is 5.82 Å². The summed E-state index contributed by atoms with van der Waals surface area (Å²) < 4.78 is 14.4. The monoisotopic (exact) mass is 413 g/mol. The molecule has 0 saturated carbocycles. The van der Waals surface area contributed by atoms with Gasteiger partial charge in [-0.1, -0.05) is 12.0 Å². The number of hydrogen-bond donors (Lipinski definition) is 3. The highest BCUT2D eigenvalue weighted by Crippen LogP contribution is 2.37. The summed E-state index contributed by atoms with van der Waals surface area (Å²) in [6.45, 7) is 1.86. The standard InChI is InChI=1S/C24H20FN5O/c1-2-17-20(25)6-3-13-7-16(31)8-18(23(13)17)21-9-22-19(10-26-21)24(29-28-22)30-11-14-4-5-15(12-30)27-14/h1,3,6-10,14-15,27,31H,4-5,11-12H2,(H,28,29). The third kappa shape index (κ3) is 2.83. The molecule has 2 aromatic heterocycles. The summed E-state index contributed by atoms with van der Waals surface area (Å²) in [6.07, 6.45) is 9.79. The number of anilines is 1. The Hall–Kier alpha value is -3.63. The minimum atomic E-state index is -0.472. The second-order valence-corrected chi connectivity index (χ2v) is 8.36. The number of nitrogens with zero attached hydrogens (tertiary/aromatic N) is 3. The lowest BCUT2D eigenvalue weighted by Crippen LogP contribution is -2.51. The topological polar surface area (TPSA) is 77.1 Å². The molecular formula is C24H20FN5O. The number of halogens is 1. The van der Waals surface area contributed by atoms with Crippen LogP contribution in [0.25, 0.3) is 32.9 Å². The molecule has 2 saturated heterocycles. The number of aromatic nitrogens is 3. The molecule has 2 unspecified atom stereocenters. The van der Waals surface area contributed by atoms with Gasteiger partial charge in [-0.15, -0.1) is 6.42 Å². The van der Waals surface area contributed by atoms with Gasteiger partial charge in [0.2, 0.25) is 0 Å². The number of pyridine rings is 1. The molecule has 0 amide bonds. The quantitative estimate of drug-likeness (QED) is 0.438. The Bertz CT molecular complexity index is 1380. The zero-order valence-electron chi connectivity index (χ0n) is 16.7.